The standard InChI is InChI=1S/C13H16BrNO3/c1-18-13(17)11(15-12(16)7-8-14)9-10-5-3-2-4-6-10/h2-6,11H,7-9H2,1H3,(H,15,16). The molecule has 0 aliphatic carbocycles. The second-order valence-corrected chi connectivity index (χ2v) is 4.56. The molecule has 98 valence electrons. The van der Waals surface area contributed by atoms with Gasteiger partial charge in [0.05, 0.1) is 7.11 Å². The predicted molar refractivity (Wildman–Crippen MR) is 72.5 cm³/mol. The molecule has 0 bridgehead atoms. The van der Waals surface area contributed by atoms with Gasteiger partial charge in [-0.1, -0.05) is 46.3 Å². The van der Waals surface area contributed by atoms with Crippen LogP contribution in [0.1, 0.15) is 12.0 Å². The van der Waals surface area contributed by atoms with Gasteiger partial charge in [0.1, 0.15) is 6.04 Å². The third-order valence-electron chi connectivity index (χ3n) is 2.43. The molecule has 0 saturated carbocycles. The summed E-state index contributed by atoms with van der Waals surface area (Å²) in [5.41, 5.74) is 0.979. The number of alkyl halides is 1. The lowest BCUT2D eigenvalue weighted by molar-refractivity contribution is -0.145. The highest BCUT2D eigenvalue weighted by Crippen LogP contribution is 2.05. The zero-order valence-electron chi connectivity index (χ0n) is 10.2. The number of halogens is 1. The minimum absolute atomic E-state index is 0.168. The zero-order valence-corrected chi connectivity index (χ0v) is 11.8. The Morgan fingerprint density at radius 1 is 1.33 bits per heavy atom. The SMILES string of the molecule is COC(=O)C(Cc1ccccc1)NC(=O)CCBr. The maximum Gasteiger partial charge on any atom is 0.328 e. The van der Waals surface area contributed by atoms with Gasteiger partial charge in [-0.05, 0) is 5.56 Å². The Morgan fingerprint density at radius 2 is 2.00 bits per heavy atom. The topological polar surface area (TPSA) is 55.4 Å². The highest BCUT2D eigenvalue weighted by Gasteiger charge is 2.21. The van der Waals surface area contributed by atoms with E-state index in [0.717, 1.165) is 5.56 Å². The summed E-state index contributed by atoms with van der Waals surface area (Å²) in [5.74, 6) is -0.597. The fraction of sp³-hybridized carbons (Fsp3) is 0.385. The fourth-order valence-electron chi connectivity index (χ4n) is 1.54. The molecule has 1 amide bonds. The van der Waals surface area contributed by atoms with E-state index in [0.29, 0.717) is 18.2 Å². The van der Waals surface area contributed by atoms with Gasteiger partial charge in [-0.3, -0.25) is 4.79 Å². The Labute approximate surface area is 115 Å². The predicted octanol–water partition coefficient (Wildman–Crippen LogP) is 1.67. The Balaban J connectivity index is 2.67. The van der Waals surface area contributed by atoms with E-state index in [1.165, 1.54) is 7.11 Å². The molecule has 1 atom stereocenters. The maximum absolute atomic E-state index is 11.6. The van der Waals surface area contributed by atoms with Crippen LogP contribution in [0.3, 0.4) is 0 Å². The Bertz CT molecular complexity index is 394. The van der Waals surface area contributed by atoms with Gasteiger partial charge in [0.2, 0.25) is 5.91 Å². The molecule has 0 aromatic heterocycles. The van der Waals surface area contributed by atoms with Crippen LogP contribution in [0.15, 0.2) is 30.3 Å². The number of amides is 1. The number of hydrogen-bond acceptors (Lipinski definition) is 3. The summed E-state index contributed by atoms with van der Waals surface area (Å²) in [6.45, 7) is 0. The van der Waals surface area contributed by atoms with Crippen LogP contribution in [0.25, 0.3) is 0 Å². The number of carbonyl (C=O) groups is 2. The third-order valence-corrected chi connectivity index (χ3v) is 2.82. The van der Waals surface area contributed by atoms with Gasteiger partial charge in [-0.25, -0.2) is 4.79 Å². The molecule has 1 aromatic rings. The first kappa shape index (κ1) is 14.7. The second kappa shape index (κ2) is 7.87. The average Bonchev–Trinajstić information content (AvgIpc) is 2.38. The molecule has 1 aromatic carbocycles. The van der Waals surface area contributed by atoms with Crippen LogP contribution < -0.4 is 5.32 Å². The summed E-state index contributed by atoms with van der Waals surface area (Å²) < 4.78 is 4.70. The molecule has 5 heteroatoms. The number of hydrogen-bond donors (Lipinski definition) is 1. The van der Waals surface area contributed by atoms with E-state index in [4.69, 9.17) is 4.74 Å². The number of ether oxygens (including phenoxy) is 1. The summed E-state index contributed by atoms with van der Waals surface area (Å²) in [7, 11) is 1.32. The third kappa shape index (κ3) is 4.87. The van der Waals surface area contributed by atoms with E-state index >= 15 is 0 Å². The first-order valence-electron chi connectivity index (χ1n) is 5.64. The van der Waals surface area contributed by atoms with Gasteiger partial charge in [0, 0.05) is 18.2 Å². The Hall–Kier alpha value is -1.36. The van der Waals surface area contributed by atoms with Gasteiger partial charge < -0.3 is 10.1 Å². The second-order valence-electron chi connectivity index (χ2n) is 3.77. The highest BCUT2D eigenvalue weighted by atomic mass is 79.9. The molecular formula is C13H16BrNO3. The molecule has 0 aliphatic heterocycles. The van der Waals surface area contributed by atoms with Crippen molar-refractivity contribution >= 4 is 27.8 Å². The number of rotatable bonds is 6. The van der Waals surface area contributed by atoms with Crippen molar-refractivity contribution in [2.45, 2.75) is 18.9 Å². The van der Waals surface area contributed by atoms with Crippen molar-refractivity contribution in [1.82, 2.24) is 5.32 Å². The monoisotopic (exact) mass is 313 g/mol. The molecule has 0 radical (unpaired) electrons. The molecule has 0 aliphatic rings. The van der Waals surface area contributed by atoms with Gasteiger partial charge >= 0.3 is 5.97 Å². The van der Waals surface area contributed by atoms with Gasteiger partial charge in [0.15, 0.2) is 0 Å². The summed E-state index contributed by atoms with van der Waals surface area (Å²) >= 11 is 3.18. The van der Waals surface area contributed by atoms with Gasteiger partial charge in [0.25, 0.3) is 0 Å². The lowest BCUT2D eigenvalue weighted by Crippen LogP contribution is -2.43. The van der Waals surface area contributed by atoms with Crippen molar-refractivity contribution in [3.8, 4) is 0 Å². The molecule has 0 heterocycles. The number of nitrogens with one attached hydrogen (secondary N) is 1. The molecule has 1 rings (SSSR count). The maximum atomic E-state index is 11.6. The van der Waals surface area contributed by atoms with E-state index in [2.05, 4.69) is 21.2 Å². The zero-order chi connectivity index (χ0) is 13.4. The van der Waals surface area contributed by atoms with E-state index < -0.39 is 12.0 Å². The minimum Gasteiger partial charge on any atom is -0.467 e. The quantitative estimate of drug-likeness (QED) is 0.642. The molecule has 1 N–H and O–H groups in total. The molecule has 1 unspecified atom stereocenters. The largest absolute Gasteiger partial charge is 0.467 e. The number of carbonyl (C=O) groups excluding carboxylic acids is 2. The Morgan fingerprint density at radius 3 is 2.56 bits per heavy atom. The van der Waals surface area contributed by atoms with E-state index in [1.54, 1.807) is 0 Å². The van der Waals surface area contributed by atoms with Crippen LogP contribution in [0.5, 0.6) is 0 Å². The van der Waals surface area contributed by atoms with Crippen LogP contribution in [0.2, 0.25) is 0 Å². The van der Waals surface area contributed by atoms with Gasteiger partial charge in [-0.15, -0.1) is 0 Å². The number of methoxy groups -OCH3 is 1. The van der Waals surface area contributed by atoms with Crippen molar-refractivity contribution in [2.24, 2.45) is 0 Å². The van der Waals surface area contributed by atoms with Crippen molar-refractivity contribution in [3.63, 3.8) is 0 Å². The Kier molecular flexibility index (Phi) is 6.43. The molecule has 0 spiro atoms. The van der Waals surface area contributed by atoms with Crippen molar-refractivity contribution in [2.75, 3.05) is 12.4 Å². The lowest BCUT2D eigenvalue weighted by Gasteiger charge is -2.16. The van der Waals surface area contributed by atoms with Crippen LogP contribution in [-0.4, -0.2) is 30.4 Å². The van der Waals surface area contributed by atoms with Crippen molar-refractivity contribution in [3.05, 3.63) is 35.9 Å². The van der Waals surface area contributed by atoms with E-state index in [-0.39, 0.29) is 5.91 Å². The molecular weight excluding hydrogens is 298 g/mol. The van der Waals surface area contributed by atoms with Crippen LogP contribution in [-0.2, 0) is 20.7 Å². The van der Waals surface area contributed by atoms with Crippen LogP contribution in [0, 0.1) is 0 Å². The molecule has 4 nitrogen and oxygen atoms in total. The first-order chi connectivity index (χ1) is 8.67. The summed E-state index contributed by atoms with van der Waals surface area (Å²) in [5, 5.41) is 3.24. The summed E-state index contributed by atoms with van der Waals surface area (Å²) in [4.78, 5) is 23.1. The smallest absolute Gasteiger partial charge is 0.328 e. The van der Waals surface area contributed by atoms with Crippen molar-refractivity contribution in [1.29, 1.82) is 0 Å². The highest BCUT2D eigenvalue weighted by molar-refractivity contribution is 9.09. The fourth-order valence-corrected chi connectivity index (χ4v) is 1.90. The molecule has 18 heavy (non-hydrogen) atoms. The normalized spacial score (nSPS) is 11.7. The van der Waals surface area contributed by atoms with E-state index in [1.807, 2.05) is 30.3 Å². The first-order valence-corrected chi connectivity index (χ1v) is 6.76. The number of esters is 1. The van der Waals surface area contributed by atoms with Crippen LogP contribution in [0.4, 0.5) is 0 Å². The molecule has 0 saturated heterocycles. The average molecular weight is 314 g/mol. The van der Waals surface area contributed by atoms with Crippen LogP contribution >= 0.6 is 15.9 Å². The minimum atomic E-state index is -0.635. The summed E-state index contributed by atoms with van der Waals surface area (Å²) in [6.07, 6.45) is 0.768. The molecule has 0 fully saturated rings. The lowest BCUT2D eigenvalue weighted by atomic mass is 10.1. The van der Waals surface area contributed by atoms with Crippen molar-refractivity contribution < 1.29 is 14.3 Å². The number of benzene rings is 1. The van der Waals surface area contributed by atoms with E-state index in [9.17, 15) is 9.59 Å². The van der Waals surface area contributed by atoms with Gasteiger partial charge in [-0.2, -0.15) is 0 Å². The summed E-state index contributed by atoms with van der Waals surface area (Å²) in [6, 6.07) is 8.87.